The predicted octanol–water partition coefficient (Wildman–Crippen LogP) is 4.33. The molecule has 0 unspecified atom stereocenters. The van der Waals surface area contributed by atoms with Gasteiger partial charge in [0.15, 0.2) is 5.82 Å². The Bertz CT molecular complexity index is 1460. The molecule has 0 spiro atoms. The van der Waals surface area contributed by atoms with Crippen molar-refractivity contribution in [3.63, 3.8) is 0 Å². The number of furan rings is 1. The second-order valence-corrected chi connectivity index (χ2v) is 7.97. The molecule has 6 nitrogen and oxygen atoms in total. The Balaban J connectivity index is 1.54. The zero-order valence-electron chi connectivity index (χ0n) is 14.5. The molecule has 0 atom stereocenters. The van der Waals surface area contributed by atoms with Crippen LogP contribution in [-0.2, 0) is 0 Å². The molecular formula is C20H10Cl2N4O2S. The molecule has 0 N–H and O–H groups in total. The zero-order valence-corrected chi connectivity index (χ0v) is 16.9. The topological polar surface area (TPSA) is 73.3 Å². The van der Waals surface area contributed by atoms with Crippen molar-refractivity contribution in [3.8, 4) is 22.7 Å². The van der Waals surface area contributed by atoms with E-state index in [1.54, 1.807) is 54.9 Å². The van der Waals surface area contributed by atoms with Gasteiger partial charge < -0.3 is 4.42 Å². The van der Waals surface area contributed by atoms with Crippen molar-refractivity contribution in [2.45, 2.75) is 0 Å². The Kier molecular flexibility index (Phi) is 4.43. The van der Waals surface area contributed by atoms with Crippen LogP contribution in [0.25, 0.3) is 33.7 Å². The lowest BCUT2D eigenvalue weighted by atomic mass is 10.2. The Morgan fingerprint density at radius 3 is 2.83 bits per heavy atom. The lowest BCUT2D eigenvalue weighted by Crippen LogP contribution is -2.23. The number of aromatic nitrogens is 4. The molecule has 0 fully saturated rings. The standard InChI is InChI=1S/C20H10Cl2N4O2S/c21-12-3-5-15(22)14(8-12)16-6-4-13(28-16)9-17-19(27)26-20(29-17)24-18(25-26)11-2-1-7-23-10-11/h1-10H/b17-9-. The van der Waals surface area contributed by atoms with Gasteiger partial charge in [0.1, 0.15) is 16.1 Å². The van der Waals surface area contributed by atoms with Gasteiger partial charge in [0.25, 0.3) is 5.56 Å². The van der Waals surface area contributed by atoms with E-state index >= 15 is 0 Å². The van der Waals surface area contributed by atoms with E-state index in [4.69, 9.17) is 27.6 Å². The predicted molar refractivity (Wildman–Crippen MR) is 113 cm³/mol. The van der Waals surface area contributed by atoms with Crippen molar-refractivity contribution in [3.05, 3.63) is 85.5 Å². The molecule has 1 aromatic carbocycles. The summed E-state index contributed by atoms with van der Waals surface area (Å²) < 4.78 is 7.60. The third-order valence-electron chi connectivity index (χ3n) is 4.20. The summed E-state index contributed by atoms with van der Waals surface area (Å²) in [7, 11) is 0. The van der Waals surface area contributed by atoms with Gasteiger partial charge in [-0.25, -0.2) is 0 Å². The molecule has 0 radical (unpaired) electrons. The van der Waals surface area contributed by atoms with Crippen LogP contribution in [0.2, 0.25) is 10.0 Å². The van der Waals surface area contributed by atoms with Crippen LogP contribution >= 0.6 is 34.5 Å². The van der Waals surface area contributed by atoms with E-state index in [1.807, 2.05) is 6.07 Å². The molecule has 4 aromatic heterocycles. The Labute approximate surface area is 177 Å². The van der Waals surface area contributed by atoms with Crippen molar-refractivity contribution in [2.24, 2.45) is 0 Å². The van der Waals surface area contributed by atoms with Gasteiger partial charge in [-0.2, -0.15) is 9.50 Å². The zero-order chi connectivity index (χ0) is 20.0. The van der Waals surface area contributed by atoms with Crippen LogP contribution in [-0.4, -0.2) is 19.6 Å². The van der Waals surface area contributed by atoms with Crippen LogP contribution in [0, 0.1) is 0 Å². The smallest absolute Gasteiger partial charge is 0.291 e. The van der Waals surface area contributed by atoms with Gasteiger partial charge in [0, 0.05) is 34.6 Å². The van der Waals surface area contributed by atoms with Crippen molar-refractivity contribution >= 4 is 45.6 Å². The summed E-state index contributed by atoms with van der Waals surface area (Å²) in [5.41, 5.74) is 1.18. The molecular weight excluding hydrogens is 431 g/mol. The fraction of sp³-hybridized carbons (Fsp3) is 0. The minimum atomic E-state index is -0.258. The van der Waals surface area contributed by atoms with E-state index in [9.17, 15) is 4.79 Å². The first-order valence-corrected chi connectivity index (χ1v) is 10.0. The molecule has 5 aromatic rings. The maximum absolute atomic E-state index is 12.7. The van der Waals surface area contributed by atoms with Crippen LogP contribution in [0.3, 0.4) is 0 Å². The first kappa shape index (κ1) is 18.1. The van der Waals surface area contributed by atoms with Crippen molar-refractivity contribution in [1.29, 1.82) is 0 Å². The van der Waals surface area contributed by atoms with Crippen LogP contribution < -0.4 is 10.1 Å². The Hall–Kier alpha value is -3.00. The molecule has 5 rings (SSSR count). The third-order valence-corrected chi connectivity index (χ3v) is 5.72. The second-order valence-electron chi connectivity index (χ2n) is 6.11. The van der Waals surface area contributed by atoms with Gasteiger partial charge in [-0.15, -0.1) is 5.10 Å². The Morgan fingerprint density at radius 2 is 2.03 bits per heavy atom. The summed E-state index contributed by atoms with van der Waals surface area (Å²) in [6, 6.07) is 12.3. The van der Waals surface area contributed by atoms with E-state index in [0.29, 0.717) is 42.4 Å². The number of pyridine rings is 1. The number of fused-ring (bicyclic) bond motifs is 1. The third kappa shape index (κ3) is 3.33. The molecule has 142 valence electrons. The summed E-state index contributed by atoms with van der Waals surface area (Å²) in [5, 5.41) is 5.39. The van der Waals surface area contributed by atoms with E-state index in [0.717, 1.165) is 5.56 Å². The normalized spacial score (nSPS) is 12.1. The maximum atomic E-state index is 12.7. The van der Waals surface area contributed by atoms with Crippen molar-refractivity contribution < 1.29 is 4.42 Å². The van der Waals surface area contributed by atoms with Gasteiger partial charge in [-0.05, 0) is 42.5 Å². The van der Waals surface area contributed by atoms with Gasteiger partial charge in [0.05, 0.1) is 5.02 Å². The number of hydrogen-bond donors (Lipinski definition) is 0. The molecule has 0 bridgehead atoms. The molecule has 0 aliphatic heterocycles. The van der Waals surface area contributed by atoms with Gasteiger partial charge in [0.2, 0.25) is 4.96 Å². The van der Waals surface area contributed by atoms with Gasteiger partial charge >= 0.3 is 0 Å². The highest BCUT2D eigenvalue weighted by atomic mass is 35.5. The van der Waals surface area contributed by atoms with Crippen LogP contribution in [0.4, 0.5) is 0 Å². The molecule has 0 amide bonds. The van der Waals surface area contributed by atoms with Crippen LogP contribution in [0.1, 0.15) is 5.76 Å². The first-order chi connectivity index (χ1) is 14.1. The van der Waals surface area contributed by atoms with Crippen molar-refractivity contribution in [2.75, 3.05) is 0 Å². The number of rotatable bonds is 3. The number of nitrogens with zero attached hydrogens (tertiary/aromatic N) is 4. The molecule has 0 saturated heterocycles. The highest BCUT2D eigenvalue weighted by Crippen LogP contribution is 2.31. The van der Waals surface area contributed by atoms with Gasteiger partial charge in [-0.3, -0.25) is 9.78 Å². The molecule has 9 heteroatoms. The molecule has 4 heterocycles. The fourth-order valence-corrected chi connectivity index (χ4v) is 4.11. The average Bonchev–Trinajstić information content (AvgIpc) is 3.42. The summed E-state index contributed by atoms with van der Waals surface area (Å²) in [6.45, 7) is 0. The minimum absolute atomic E-state index is 0.258. The van der Waals surface area contributed by atoms with Crippen LogP contribution in [0.5, 0.6) is 0 Å². The highest BCUT2D eigenvalue weighted by Gasteiger charge is 2.13. The highest BCUT2D eigenvalue weighted by molar-refractivity contribution is 7.15. The largest absolute Gasteiger partial charge is 0.457 e. The fourth-order valence-electron chi connectivity index (χ4n) is 2.84. The van der Waals surface area contributed by atoms with Crippen molar-refractivity contribution in [1.82, 2.24) is 19.6 Å². The summed E-state index contributed by atoms with van der Waals surface area (Å²) in [6.07, 6.45) is 4.99. The summed E-state index contributed by atoms with van der Waals surface area (Å²) >= 11 is 13.5. The number of hydrogen-bond acceptors (Lipinski definition) is 6. The summed E-state index contributed by atoms with van der Waals surface area (Å²) in [5.74, 6) is 1.54. The van der Waals surface area contributed by atoms with E-state index in [2.05, 4.69) is 15.1 Å². The lowest BCUT2D eigenvalue weighted by molar-refractivity contribution is 0.571. The minimum Gasteiger partial charge on any atom is -0.457 e. The van der Waals surface area contributed by atoms with E-state index < -0.39 is 0 Å². The van der Waals surface area contributed by atoms with E-state index in [1.165, 1.54) is 15.9 Å². The lowest BCUT2D eigenvalue weighted by Gasteiger charge is -2.00. The second kappa shape index (κ2) is 7.11. The molecule has 0 aliphatic rings. The summed E-state index contributed by atoms with van der Waals surface area (Å²) in [4.78, 5) is 21.7. The molecule has 0 aliphatic carbocycles. The number of benzene rings is 1. The number of thiazole rings is 1. The molecule has 29 heavy (non-hydrogen) atoms. The van der Waals surface area contributed by atoms with Gasteiger partial charge in [-0.1, -0.05) is 34.5 Å². The first-order valence-electron chi connectivity index (χ1n) is 8.45. The Morgan fingerprint density at radius 1 is 1.14 bits per heavy atom. The quantitative estimate of drug-likeness (QED) is 0.417. The average molecular weight is 441 g/mol. The maximum Gasteiger partial charge on any atom is 0.291 e. The van der Waals surface area contributed by atoms with E-state index in [-0.39, 0.29) is 5.56 Å². The SMILES string of the molecule is O=c1/c(=C/c2ccc(-c3cc(Cl)ccc3Cl)o2)sc2nc(-c3cccnc3)nn12. The van der Waals surface area contributed by atoms with Crippen LogP contribution in [0.15, 0.2) is 64.1 Å². The molecule has 0 saturated carbocycles. The number of halogens is 2. The monoisotopic (exact) mass is 440 g/mol.